The van der Waals surface area contributed by atoms with E-state index in [-0.39, 0.29) is 41.3 Å². The largest absolute Gasteiger partial charge is 0.435 e. The van der Waals surface area contributed by atoms with Crippen molar-refractivity contribution in [2.75, 3.05) is 26.7 Å². The predicted molar refractivity (Wildman–Crippen MR) is 149 cm³/mol. The lowest BCUT2D eigenvalue weighted by molar-refractivity contribution is -0.142. The highest BCUT2D eigenvalue weighted by molar-refractivity contribution is 5.80. The Morgan fingerprint density at radius 2 is 1.80 bits per heavy atom. The molecule has 1 amide bonds. The highest BCUT2D eigenvalue weighted by Gasteiger charge is 2.45. The molecular weight excluding hydrogens is 536 g/mol. The molecule has 0 bridgehead atoms. The lowest BCUT2D eigenvalue weighted by Crippen LogP contribution is -2.48. The number of alkyl halides is 4. The molecule has 4 fully saturated rings. The second-order valence-corrected chi connectivity index (χ2v) is 13.6. The van der Waals surface area contributed by atoms with Gasteiger partial charge < -0.3 is 15.1 Å². The maximum absolute atomic E-state index is 14.2. The van der Waals surface area contributed by atoms with Gasteiger partial charge >= 0.3 is 6.18 Å². The average Bonchev–Trinajstić information content (AvgIpc) is 3.56. The Hall–Kier alpha value is -2.33. The number of nitrogens with one attached hydrogen (secondary N) is 2. The van der Waals surface area contributed by atoms with E-state index >= 15 is 0 Å². The normalized spacial score (nSPS) is 32.1. The van der Waals surface area contributed by atoms with Crippen molar-refractivity contribution < 1.29 is 22.4 Å². The van der Waals surface area contributed by atoms with Crippen LogP contribution in [0.15, 0.2) is 6.20 Å². The van der Waals surface area contributed by atoms with Crippen molar-refractivity contribution in [2.45, 2.75) is 102 Å². The second kappa shape index (κ2) is 11.7. The molecule has 7 nitrogen and oxygen atoms in total. The summed E-state index contributed by atoms with van der Waals surface area (Å²) in [5, 5.41) is 15.7. The fourth-order valence-corrected chi connectivity index (χ4v) is 7.54. The zero-order chi connectivity index (χ0) is 29.6. The van der Waals surface area contributed by atoms with E-state index in [4.69, 9.17) is 5.41 Å². The van der Waals surface area contributed by atoms with Crippen molar-refractivity contribution >= 4 is 11.9 Å². The van der Waals surface area contributed by atoms with Crippen molar-refractivity contribution in [3.05, 3.63) is 17.5 Å². The molecular formula is C30H46F4N6O. The Bertz CT molecular complexity index is 1100. The van der Waals surface area contributed by atoms with Crippen molar-refractivity contribution in [3.8, 4) is 0 Å². The maximum Gasteiger partial charge on any atom is 0.435 e. The number of carbonyl (C=O) groups excluding carboxylic acids is 1. The molecule has 0 radical (unpaired) electrons. The minimum absolute atomic E-state index is 0.00566. The first-order valence-electron chi connectivity index (χ1n) is 15.5. The van der Waals surface area contributed by atoms with E-state index in [0.29, 0.717) is 50.7 Å². The number of amides is 1. The van der Waals surface area contributed by atoms with E-state index in [1.54, 1.807) is 0 Å². The molecule has 3 aliphatic carbocycles. The van der Waals surface area contributed by atoms with Crippen LogP contribution < -0.4 is 5.32 Å². The van der Waals surface area contributed by atoms with E-state index < -0.39 is 29.9 Å². The number of aromatic nitrogens is 2. The van der Waals surface area contributed by atoms with Gasteiger partial charge in [0.25, 0.3) is 0 Å². The van der Waals surface area contributed by atoms with Crippen LogP contribution in [0.2, 0.25) is 0 Å². The number of carbonyl (C=O) groups is 1. The zero-order valence-corrected chi connectivity index (χ0v) is 24.8. The molecule has 0 aromatic carbocycles. The van der Waals surface area contributed by atoms with E-state index in [2.05, 4.69) is 10.4 Å². The highest BCUT2D eigenvalue weighted by Crippen LogP contribution is 2.46. The van der Waals surface area contributed by atoms with Gasteiger partial charge in [-0.3, -0.25) is 14.9 Å². The van der Waals surface area contributed by atoms with Crippen LogP contribution >= 0.6 is 0 Å². The topological polar surface area (TPSA) is 77.3 Å². The molecule has 6 unspecified atom stereocenters. The van der Waals surface area contributed by atoms with Gasteiger partial charge in [-0.1, -0.05) is 6.92 Å². The van der Waals surface area contributed by atoms with Crippen LogP contribution in [0.4, 0.5) is 17.6 Å². The Balaban J connectivity index is 1.38. The zero-order valence-electron chi connectivity index (χ0n) is 24.8. The van der Waals surface area contributed by atoms with Crippen LogP contribution in [0, 0.1) is 35.0 Å². The van der Waals surface area contributed by atoms with Gasteiger partial charge in [0, 0.05) is 56.4 Å². The van der Waals surface area contributed by atoms with E-state index in [1.807, 2.05) is 37.6 Å². The first-order valence-corrected chi connectivity index (χ1v) is 15.5. The standard InChI is InChI=1S/C30H46F4N6O/c1-17(2)40-16-24(27(37-40)30(32,33)34)22-12-19(15-39-10-9-38(4)29(39)35)13-23(14-22)28(41)36-26(20-5-6-20)21-7-8-25(31)18(3)11-21/h16-23,25-26,35H,5-15H2,1-4H3,(H,36,41)/t18?,19?,21?,22?,23?,25?,26-/m0/s1. The first kappa shape index (κ1) is 30.1. The van der Waals surface area contributed by atoms with Crippen LogP contribution in [-0.4, -0.2) is 70.3 Å². The molecule has 41 heavy (non-hydrogen) atoms. The van der Waals surface area contributed by atoms with Gasteiger partial charge in [0.1, 0.15) is 6.17 Å². The monoisotopic (exact) mass is 582 g/mol. The first-order chi connectivity index (χ1) is 19.3. The molecule has 4 aliphatic rings. The Morgan fingerprint density at radius 3 is 2.39 bits per heavy atom. The van der Waals surface area contributed by atoms with E-state index in [0.717, 1.165) is 32.2 Å². The number of hydrogen-bond donors (Lipinski definition) is 2. The summed E-state index contributed by atoms with van der Waals surface area (Å²) in [6.45, 7) is 7.55. The summed E-state index contributed by atoms with van der Waals surface area (Å²) in [5.74, 6) is 0.0592. The molecule has 3 saturated carbocycles. The summed E-state index contributed by atoms with van der Waals surface area (Å²) in [6.07, 6.45) is 1.76. The summed E-state index contributed by atoms with van der Waals surface area (Å²) < 4.78 is 58.1. The minimum Gasteiger partial charge on any atom is -0.353 e. The molecule has 1 aromatic heterocycles. The summed E-state index contributed by atoms with van der Waals surface area (Å²) in [6, 6.07) is -0.212. The fraction of sp³-hybridized carbons (Fsp3) is 0.833. The maximum atomic E-state index is 14.2. The molecule has 2 N–H and O–H groups in total. The lowest BCUT2D eigenvalue weighted by Gasteiger charge is -2.39. The smallest absolute Gasteiger partial charge is 0.353 e. The van der Waals surface area contributed by atoms with Gasteiger partial charge in [-0.15, -0.1) is 0 Å². The third-order valence-corrected chi connectivity index (χ3v) is 10.1. The van der Waals surface area contributed by atoms with Crippen LogP contribution in [0.1, 0.15) is 95.4 Å². The minimum atomic E-state index is -4.58. The molecule has 7 atom stereocenters. The van der Waals surface area contributed by atoms with Crippen LogP contribution in [0.5, 0.6) is 0 Å². The lowest BCUT2D eigenvalue weighted by atomic mass is 9.71. The quantitative estimate of drug-likeness (QED) is 0.378. The number of nitrogens with zero attached hydrogens (tertiary/aromatic N) is 4. The van der Waals surface area contributed by atoms with Gasteiger partial charge in [0.2, 0.25) is 5.91 Å². The Kier molecular flexibility index (Phi) is 8.63. The number of halogens is 4. The third-order valence-electron chi connectivity index (χ3n) is 10.1. The van der Waals surface area contributed by atoms with E-state index in [1.165, 1.54) is 10.9 Å². The van der Waals surface area contributed by atoms with Gasteiger partial charge in [-0.05, 0) is 94.8 Å². The molecule has 1 aliphatic heterocycles. The summed E-state index contributed by atoms with van der Waals surface area (Å²) in [7, 11) is 1.87. The number of rotatable bonds is 8. The SMILES string of the molecule is CC1CC([C@@H](NC(=O)C2CC(CN3CCN(C)C3=N)CC(c3cn(C(C)C)nc3C(F)(F)F)C2)C2CC2)CCC1F. The summed E-state index contributed by atoms with van der Waals surface area (Å²) in [5.41, 5.74) is -0.673. The van der Waals surface area contributed by atoms with Crippen LogP contribution in [0.3, 0.4) is 0 Å². The molecule has 11 heteroatoms. The van der Waals surface area contributed by atoms with Crippen molar-refractivity contribution in [1.29, 1.82) is 5.41 Å². The predicted octanol–water partition coefficient (Wildman–Crippen LogP) is 5.83. The summed E-state index contributed by atoms with van der Waals surface area (Å²) >= 11 is 0. The number of likely N-dealkylation sites (N-methyl/N-ethyl adjacent to an activating group) is 1. The van der Waals surface area contributed by atoms with Crippen molar-refractivity contribution in [2.24, 2.45) is 29.6 Å². The number of guanidine groups is 1. The van der Waals surface area contributed by atoms with Crippen molar-refractivity contribution in [3.63, 3.8) is 0 Å². The molecule has 1 aromatic rings. The Labute approximate surface area is 240 Å². The van der Waals surface area contributed by atoms with Gasteiger partial charge in [-0.25, -0.2) is 4.39 Å². The average molecular weight is 583 g/mol. The van der Waals surface area contributed by atoms with E-state index in [9.17, 15) is 22.4 Å². The fourth-order valence-electron chi connectivity index (χ4n) is 7.54. The molecule has 5 rings (SSSR count). The van der Waals surface area contributed by atoms with Gasteiger partial charge in [0.05, 0.1) is 0 Å². The van der Waals surface area contributed by atoms with Gasteiger partial charge in [0.15, 0.2) is 11.7 Å². The highest BCUT2D eigenvalue weighted by atomic mass is 19.4. The molecule has 1 saturated heterocycles. The summed E-state index contributed by atoms with van der Waals surface area (Å²) in [4.78, 5) is 17.8. The van der Waals surface area contributed by atoms with Crippen molar-refractivity contribution in [1.82, 2.24) is 24.9 Å². The third kappa shape index (κ3) is 6.69. The molecule has 230 valence electrons. The molecule has 2 heterocycles. The van der Waals surface area contributed by atoms with Crippen LogP contribution in [-0.2, 0) is 11.0 Å². The Morgan fingerprint density at radius 1 is 1.10 bits per heavy atom. The number of hydrogen-bond acceptors (Lipinski definition) is 3. The molecule has 0 spiro atoms. The van der Waals surface area contributed by atoms with Gasteiger partial charge in [-0.2, -0.15) is 18.3 Å². The van der Waals surface area contributed by atoms with Crippen LogP contribution in [0.25, 0.3) is 0 Å². The second-order valence-electron chi connectivity index (χ2n) is 13.6.